The van der Waals surface area contributed by atoms with Crippen molar-refractivity contribution in [2.24, 2.45) is 5.92 Å². The van der Waals surface area contributed by atoms with Gasteiger partial charge in [-0.2, -0.15) is 0 Å². The highest BCUT2D eigenvalue weighted by Crippen LogP contribution is 2.21. The minimum Gasteiger partial charge on any atom is -0.497 e. The summed E-state index contributed by atoms with van der Waals surface area (Å²) >= 11 is 0. The Bertz CT molecular complexity index is 581. The third-order valence-electron chi connectivity index (χ3n) is 4.65. The van der Waals surface area contributed by atoms with Crippen LogP contribution in [0.25, 0.3) is 0 Å². The first-order valence-electron chi connectivity index (χ1n) is 8.45. The molecule has 2 aliphatic rings. The van der Waals surface area contributed by atoms with Crippen molar-refractivity contribution in [1.29, 1.82) is 0 Å². The predicted molar refractivity (Wildman–Crippen MR) is 88.5 cm³/mol. The van der Waals surface area contributed by atoms with Crippen molar-refractivity contribution in [3.63, 3.8) is 0 Å². The number of ether oxygens (including phenoxy) is 2. The summed E-state index contributed by atoms with van der Waals surface area (Å²) in [5.41, 5.74) is 1.03. The first-order valence-corrected chi connectivity index (χ1v) is 8.45. The minimum atomic E-state index is -0.267. The van der Waals surface area contributed by atoms with Crippen LogP contribution < -0.4 is 10.1 Å². The van der Waals surface area contributed by atoms with Crippen LogP contribution in [0.1, 0.15) is 24.8 Å². The molecule has 130 valence electrons. The molecular formula is C18H24N2O4. The number of likely N-dealkylation sites (tertiary alicyclic amines) is 1. The summed E-state index contributed by atoms with van der Waals surface area (Å²) in [6.45, 7) is 2.32. The zero-order valence-electron chi connectivity index (χ0n) is 14.0. The third-order valence-corrected chi connectivity index (χ3v) is 4.65. The quantitative estimate of drug-likeness (QED) is 0.854. The summed E-state index contributed by atoms with van der Waals surface area (Å²) in [5.74, 6) is 0.509. The molecule has 0 bridgehead atoms. The van der Waals surface area contributed by atoms with Crippen LogP contribution in [0.15, 0.2) is 24.3 Å². The van der Waals surface area contributed by atoms with Crippen LogP contribution in [0, 0.1) is 5.92 Å². The largest absolute Gasteiger partial charge is 0.497 e. The molecule has 1 aromatic carbocycles. The number of carbonyl (C=O) groups is 2. The molecule has 1 N–H and O–H groups in total. The van der Waals surface area contributed by atoms with E-state index in [-0.39, 0.29) is 30.3 Å². The Kier molecular flexibility index (Phi) is 5.35. The van der Waals surface area contributed by atoms with Gasteiger partial charge in [-0.3, -0.25) is 9.59 Å². The molecule has 0 radical (unpaired) electrons. The summed E-state index contributed by atoms with van der Waals surface area (Å²) in [4.78, 5) is 26.2. The van der Waals surface area contributed by atoms with Gasteiger partial charge in [-0.15, -0.1) is 0 Å². The van der Waals surface area contributed by atoms with Gasteiger partial charge in [-0.1, -0.05) is 12.1 Å². The predicted octanol–water partition coefficient (Wildman–Crippen LogP) is 1.34. The molecule has 6 heteroatoms. The highest BCUT2D eigenvalue weighted by atomic mass is 16.5. The van der Waals surface area contributed by atoms with E-state index in [0.29, 0.717) is 19.6 Å². The van der Waals surface area contributed by atoms with Gasteiger partial charge in [0.1, 0.15) is 5.75 Å². The second-order valence-corrected chi connectivity index (χ2v) is 6.40. The molecule has 1 aromatic rings. The van der Waals surface area contributed by atoms with Crippen LogP contribution in [-0.4, -0.2) is 49.6 Å². The van der Waals surface area contributed by atoms with E-state index in [0.717, 1.165) is 30.8 Å². The normalized spacial score (nSPS) is 23.5. The Balaban J connectivity index is 1.49. The van der Waals surface area contributed by atoms with Gasteiger partial charge in [0.05, 0.1) is 19.1 Å². The fraction of sp³-hybridized carbons (Fsp3) is 0.556. The second-order valence-electron chi connectivity index (χ2n) is 6.40. The number of hydrogen-bond donors (Lipinski definition) is 1. The smallest absolute Gasteiger partial charge is 0.225 e. The lowest BCUT2D eigenvalue weighted by atomic mass is 10.1. The molecule has 2 fully saturated rings. The van der Waals surface area contributed by atoms with Crippen molar-refractivity contribution in [2.45, 2.75) is 31.9 Å². The summed E-state index contributed by atoms with van der Waals surface area (Å²) in [6.07, 6.45) is 2.46. The average Bonchev–Trinajstić information content (AvgIpc) is 3.24. The summed E-state index contributed by atoms with van der Waals surface area (Å²) < 4.78 is 10.6. The van der Waals surface area contributed by atoms with Gasteiger partial charge >= 0.3 is 0 Å². The first kappa shape index (κ1) is 16.8. The second kappa shape index (κ2) is 7.66. The monoisotopic (exact) mass is 332 g/mol. The van der Waals surface area contributed by atoms with Crippen molar-refractivity contribution in [3.05, 3.63) is 29.8 Å². The number of nitrogens with zero attached hydrogens (tertiary/aromatic N) is 1. The fourth-order valence-corrected chi connectivity index (χ4v) is 3.22. The third kappa shape index (κ3) is 4.06. The van der Waals surface area contributed by atoms with Crippen molar-refractivity contribution in [3.8, 4) is 5.75 Å². The maximum atomic E-state index is 12.3. The SMILES string of the molecule is COc1ccc(CN2C[C@H](C(=O)NC[C@@H]3CCCO3)CC2=O)cc1. The van der Waals surface area contributed by atoms with Gasteiger partial charge in [0.2, 0.25) is 11.8 Å². The van der Waals surface area contributed by atoms with Crippen LogP contribution >= 0.6 is 0 Å². The van der Waals surface area contributed by atoms with Crippen LogP contribution in [0.2, 0.25) is 0 Å². The summed E-state index contributed by atoms with van der Waals surface area (Å²) in [6, 6.07) is 7.64. The standard InChI is InChI=1S/C18H24N2O4/c1-23-15-6-4-13(5-7-15)11-20-12-14(9-17(20)21)18(22)19-10-16-3-2-8-24-16/h4-7,14,16H,2-3,8-12H2,1H3,(H,19,22)/t14-,16+/m1/s1. The molecule has 6 nitrogen and oxygen atoms in total. The van der Waals surface area contributed by atoms with E-state index in [9.17, 15) is 9.59 Å². The van der Waals surface area contributed by atoms with E-state index in [2.05, 4.69) is 5.32 Å². The molecule has 0 aliphatic carbocycles. The topological polar surface area (TPSA) is 67.9 Å². The number of carbonyl (C=O) groups excluding carboxylic acids is 2. The number of amides is 2. The molecule has 0 unspecified atom stereocenters. The molecule has 2 saturated heterocycles. The molecule has 0 spiro atoms. The van der Waals surface area contributed by atoms with E-state index < -0.39 is 0 Å². The maximum Gasteiger partial charge on any atom is 0.225 e. The van der Waals surface area contributed by atoms with Crippen LogP contribution in [-0.2, 0) is 20.9 Å². The van der Waals surface area contributed by atoms with E-state index in [1.165, 1.54) is 0 Å². The summed E-state index contributed by atoms with van der Waals surface area (Å²) in [7, 11) is 1.62. The minimum absolute atomic E-state index is 0.0306. The van der Waals surface area contributed by atoms with Crippen LogP contribution in [0.3, 0.4) is 0 Å². The van der Waals surface area contributed by atoms with Crippen LogP contribution in [0.4, 0.5) is 0 Å². The lowest BCUT2D eigenvalue weighted by molar-refractivity contribution is -0.129. The van der Waals surface area contributed by atoms with Gasteiger partial charge < -0.3 is 19.7 Å². The van der Waals surface area contributed by atoms with Gasteiger partial charge in [0.25, 0.3) is 0 Å². The highest BCUT2D eigenvalue weighted by molar-refractivity contribution is 5.89. The van der Waals surface area contributed by atoms with Gasteiger partial charge in [-0.05, 0) is 30.5 Å². The molecule has 0 aromatic heterocycles. The molecule has 2 amide bonds. The molecule has 2 atom stereocenters. The molecule has 3 rings (SSSR count). The number of rotatable bonds is 6. The summed E-state index contributed by atoms with van der Waals surface area (Å²) in [5, 5.41) is 2.93. The Morgan fingerprint density at radius 1 is 1.38 bits per heavy atom. The number of benzene rings is 1. The van der Waals surface area contributed by atoms with Crippen molar-refractivity contribution in [1.82, 2.24) is 10.2 Å². The van der Waals surface area contributed by atoms with E-state index in [1.807, 2.05) is 24.3 Å². The maximum absolute atomic E-state index is 12.3. The van der Waals surface area contributed by atoms with Gasteiger partial charge in [0.15, 0.2) is 0 Å². The van der Waals surface area contributed by atoms with E-state index in [1.54, 1.807) is 12.0 Å². The van der Waals surface area contributed by atoms with Crippen molar-refractivity contribution < 1.29 is 19.1 Å². The average molecular weight is 332 g/mol. The van der Waals surface area contributed by atoms with Crippen LogP contribution in [0.5, 0.6) is 5.75 Å². The number of methoxy groups -OCH3 is 1. The van der Waals surface area contributed by atoms with E-state index in [4.69, 9.17) is 9.47 Å². The zero-order chi connectivity index (χ0) is 16.9. The Labute approximate surface area is 142 Å². The van der Waals surface area contributed by atoms with Crippen molar-refractivity contribution in [2.75, 3.05) is 26.8 Å². The fourth-order valence-electron chi connectivity index (χ4n) is 3.22. The lowest BCUT2D eigenvalue weighted by Crippen LogP contribution is -2.37. The van der Waals surface area contributed by atoms with E-state index >= 15 is 0 Å². The number of hydrogen-bond acceptors (Lipinski definition) is 4. The molecule has 0 saturated carbocycles. The zero-order valence-corrected chi connectivity index (χ0v) is 14.0. The highest BCUT2D eigenvalue weighted by Gasteiger charge is 2.34. The Morgan fingerprint density at radius 3 is 2.83 bits per heavy atom. The molecular weight excluding hydrogens is 308 g/mol. The molecule has 2 heterocycles. The Hall–Kier alpha value is -2.08. The van der Waals surface area contributed by atoms with Gasteiger partial charge in [-0.25, -0.2) is 0 Å². The lowest BCUT2D eigenvalue weighted by Gasteiger charge is -2.17. The molecule has 2 aliphatic heterocycles. The van der Waals surface area contributed by atoms with Crippen molar-refractivity contribution >= 4 is 11.8 Å². The van der Waals surface area contributed by atoms with Gasteiger partial charge in [0, 0.05) is 32.7 Å². The Morgan fingerprint density at radius 2 is 2.17 bits per heavy atom. The molecule has 24 heavy (non-hydrogen) atoms. The number of nitrogens with one attached hydrogen (secondary N) is 1. The first-order chi connectivity index (χ1) is 11.7.